The second-order valence-electron chi connectivity index (χ2n) is 2.79. The zero-order valence-corrected chi connectivity index (χ0v) is 6.84. The fourth-order valence-electron chi connectivity index (χ4n) is 1.52. The van der Waals surface area contributed by atoms with E-state index in [9.17, 15) is 0 Å². The topological polar surface area (TPSA) is 24.1 Å². The lowest BCUT2D eigenvalue weighted by Crippen LogP contribution is -2.32. The fraction of sp³-hybridized carbons (Fsp3) is 0.857. The molecule has 1 unspecified atom stereocenters. The standard InChI is InChI=1S/C7H13N2S/c1-2-6(8-3-1)7-9-4-5-10-7/h6,8-9H,1-5H2. The highest BCUT2D eigenvalue weighted by Gasteiger charge is 2.27. The van der Waals surface area contributed by atoms with Crippen molar-refractivity contribution in [1.29, 1.82) is 0 Å². The molecular weight excluding hydrogens is 144 g/mol. The highest BCUT2D eigenvalue weighted by atomic mass is 32.2. The molecule has 0 aromatic heterocycles. The van der Waals surface area contributed by atoms with E-state index in [1.165, 1.54) is 30.5 Å². The lowest BCUT2D eigenvalue weighted by atomic mass is 10.2. The van der Waals surface area contributed by atoms with Crippen LogP contribution in [0, 0.1) is 5.37 Å². The molecule has 10 heavy (non-hydrogen) atoms. The molecule has 2 nitrogen and oxygen atoms in total. The van der Waals surface area contributed by atoms with Gasteiger partial charge in [-0.2, -0.15) is 0 Å². The highest BCUT2D eigenvalue weighted by Crippen LogP contribution is 2.28. The van der Waals surface area contributed by atoms with E-state index in [4.69, 9.17) is 0 Å². The van der Waals surface area contributed by atoms with Gasteiger partial charge < -0.3 is 5.32 Å². The molecular formula is C7H13N2S. The molecule has 1 atom stereocenters. The first-order valence-electron chi connectivity index (χ1n) is 3.94. The summed E-state index contributed by atoms with van der Waals surface area (Å²) in [7, 11) is 0. The number of nitrogens with one attached hydrogen (secondary N) is 2. The van der Waals surface area contributed by atoms with Crippen molar-refractivity contribution in [2.45, 2.75) is 18.9 Å². The summed E-state index contributed by atoms with van der Waals surface area (Å²) >= 11 is 1.98. The Balaban J connectivity index is 1.85. The molecule has 2 N–H and O–H groups in total. The van der Waals surface area contributed by atoms with E-state index in [0.717, 1.165) is 6.54 Å². The van der Waals surface area contributed by atoms with Gasteiger partial charge in [-0.1, -0.05) is 0 Å². The van der Waals surface area contributed by atoms with E-state index in [0.29, 0.717) is 6.04 Å². The smallest absolute Gasteiger partial charge is 0.109 e. The first kappa shape index (κ1) is 6.95. The summed E-state index contributed by atoms with van der Waals surface area (Å²) in [5.74, 6) is 1.26. The fourth-order valence-corrected chi connectivity index (χ4v) is 2.55. The molecule has 0 amide bonds. The molecule has 0 bridgehead atoms. The Bertz CT molecular complexity index is 92.2. The minimum atomic E-state index is 0.674. The van der Waals surface area contributed by atoms with Gasteiger partial charge in [0, 0.05) is 18.3 Å². The van der Waals surface area contributed by atoms with Gasteiger partial charge in [-0.3, -0.25) is 5.32 Å². The lowest BCUT2D eigenvalue weighted by Gasteiger charge is -2.15. The summed E-state index contributed by atoms with van der Waals surface area (Å²) in [5.41, 5.74) is 0. The Morgan fingerprint density at radius 3 is 3.00 bits per heavy atom. The summed E-state index contributed by atoms with van der Waals surface area (Å²) < 4.78 is 0. The van der Waals surface area contributed by atoms with Crippen LogP contribution in [0.1, 0.15) is 12.8 Å². The Labute approximate surface area is 66.1 Å². The van der Waals surface area contributed by atoms with Crippen LogP contribution < -0.4 is 10.6 Å². The molecule has 2 rings (SSSR count). The molecule has 2 heterocycles. The first-order chi connectivity index (χ1) is 4.97. The van der Waals surface area contributed by atoms with Crippen LogP contribution >= 0.6 is 11.8 Å². The number of hydrogen-bond donors (Lipinski definition) is 2. The molecule has 57 valence electrons. The quantitative estimate of drug-likeness (QED) is 0.582. The lowest BCUT2D eigenvalue weighted by molar-refractivity contribution is 0.613. The normalized spacial score (nSPS) is 35.4. The molecule has 2 fully saturated rings. The minimum absolute atomic E-state index is 0.674. The van der Waals surface area contributed by atoms with E-state index in [1.54, 1.807) is 0 Å². The second-order valence-corrected chi connectivity index (χ2v) is 3.93. The zero-order valence-electron chi connectivity index (χ0n) is 6.02. The SMILES string of the molecule is C1CNC([C]2NCCS2)C1. The Hall–Kier alpha value is 0.270. The van der Waals surface area contributed by atoms with Gasteiger partial charge in [0.05, 0.1) is 0 Å². The van der Waals surface area contributed by atoms with Crippen molar-refractivity contribution in [2.75, 3.05) is 18.8 Å². The number of rotatable bonds is 1. The molecule has 3 heteroatoms. The maximum Gasteiger partial charge on any atom is 0.109 e. The third kappa shape index (κ3) is 1.31. The van der Waals surface area contributed by atoms with Crippen LogP contribution in [-0.4, -0.2) is 24.9 Å². The van der Waals surface area contributed by atoms with Crippen molar-refractivity contribution in [3.05, 3.63) is 5.37 Å². The first-order valence-corrected chi connectivity index (χ1v) is 4.92. The monoisotopic (exact) mass is 157 g/mol. The van der Waals surface area contributed by atoms with Gasteiger partial charge in [0.25, 0.3) is 0 Å². The molecule has 0 aliphatic carbocycles. The van der Waals surface area contributed by atoms with E-state index in [1.807, 2.05) is 11.8 Å². The Morgan fingerprint density at radius 1 is 1.40 bits per heavy atom. The van der Waals surface area contributed by atoms with Crippen molar-refractivity contribution >= 4 is 11.8 Å². The third-order valence-corrected chi connectivity index (χ3v) is 3.18. The van der Waals surface area contributed by atoms with Crippen LogP contribution in [0.15, 0.2) is 0 Å². The van der Waals surface area contributed by atoms with E-state index < -0.39 is 0 Å². The number of thioether (sulfide) groups is 1. The van der Waals surface area contributed by atoms with Crippen molar-refractivity contribution in [3.8, 4) is 0 Å². The minimum Gasteiger partial charge on any atom is -0.311 e. The van der Waals surface area contributed by atoms with Gasteiger partial charge in [-0.25, -0.2) is 0 Å². The van der Waals surface area contributed by atoms with E-state index in [-0.39, 0.29) is 0 Å². The van der Waals surface area contributed by atoms with Crippen molar-refractivity contribution in [2.24, 2.45) is 0 Å². The summed E-state index contributed by atoms with van der Waals surface area (Å²) in [6.45, 7) is 2.37. The predicted octanol–water partition coefficient (Wildman–Crippen LogP) is 0.564. The van der Waals surface area contributed by atoms with Crippen molar-refractivity contribution in [3.63, 3.8) is 0 Å². The van der Waals surface area contributed by atoms with Crippen LogP contribution in [0.3, 0.4) is 0 Å². The van der Waals surface area contributed by atoms with Crippen molar-refractivity contribution < 1.29 is 0 Å². The molecule has 0 spiro atoms. The molecule has 0 aromatic carbocycles. The Kier molecular flexibility index (Phi) is 2.16. The maximum atomic E-state index is 3.48. The van der Waals surface area contributed by atoms with Gasteiger partial charge >= 0.3 is 0 Å². The zero-order chi connectivity index (χ0) is 6.81. The predicted molar refractivity (Wildman–Crippen MR) is 44.7 cm³/mol. The average molecular weight is 157 g/mol. The highest BCUT2D eigenvalue weighted by molar-refractivity contribution is 8.02. The van der Waals surface area contributed by atoms with Gasteiger partial charge in [-0.05, 0) is 19.4 Å². The molecule has 2 aliphatic heterocycles. The molecule has 1 radical (unpaired) electrons. The van der Waals surface area contributed by atoms with Gasteiger partial charge in [0.1, 0.15) is 5.37 Å². The van der Waals surface area contributed by atoms with Crippen LogP contribution in [-0.2, 0) is 0 Å². The van der Waals surface area contributed by atoms with Gasteiger partial charge in [0.2, 0.25) is 0 Å². The van der Waals surface area contributed by atoms with Crippen molar-refractivity contribution in [1.82, 2.24) is 10.6 Å². The third-order valence-electron chi connectivity index (χ3n) is 2.04. The van der Waals surface area contributed by atoms with Gasteiger partial charge in [-0.15, -0.1) is 11.8 Å². The average Bonchev–Trinajstić information content (AvgIpc) is 2.59. The van der Waals surface area contributed by atoms with E-state index in [2.05, 4.69) is 10.6 Å². The number of hydrogen-bond acceptors (Lipinski definition) is 3. The molecule has 0 aromatic rings. The molecule has 2 aliphatic rings. The van der Waals surface area contributed by atoms with Crippen LogP contribution in [0.2, 0.25) is 0 Å². The van der Waals surface area contributed by atoms with Crippen LogP contribution in [0.5, 0.6) is 0 Å². The van der Waals surface area contributed by atoms with Gasteiger partial charge in [0.15, 0.2) is 0 Å². The summed E-state index contributed by atoms with van der Waals surface area (Å²) in [4.78, 5) is 0. The second kappa shape index (κ2) is 3.11. The summed E-state index contributed by atoms with van der Waals surface area (Å²) in [6.07, 6.45) is 2.67. The van der Waals surface area contributed by atoms with Crippen LogP contribution in [0.4, 0.5) is 0 Å². The summed E-state index contributed by atoms with van der Waals surface area (Å²) in [5, 5.41) is 8.38. The van der Waals surface area contributed by atoms with E-state index >= 15 is 0 Å². The van der Waals surface area contributed by atoms with Crippen LogP contribution in [0.25, 0.3) is 0 Å². The summed E-state index contributed by atoms with van der Waals surface area (Å²) in [6, 6.07) is 0.674. The molecule has 2 saturated heterocycles. The maximum absolute atomic E-state index is 3.48. The largest absolute Gasteiger partial charge is 0.311 e. The Morgan fingerprint density at radius 2 is 2.40 bits per heavy atom. The molecule has 0 saturated carbocycles.